The molecule has 298 valence electrons. The molecule has 4 heteroatoms. The van der Waals surface area contributed by atoms with Gasteiger partial charge in [0.2, 0.25) is 16.1 Å². The van der Waals surface area contributed by atoms with Gasteiger partial charge < -0.3 is 0 Å². The van der Waals surface area contributed by atoms with Crippen molar-refractivity contribution < 1.29 is 0 Å². The lowest BCUT2D eigenvalue weighted by Crippen LogP contribution is -2.66. The van der Waals surface area contributed by atoms with Gasteiger partial charge in [-0.1, -0.05) is 242 Å². The molecule has 0 heterocycles. The maximum atomic E-state index is 15.3. The van der Waals surface area contributed by atoms with Gasteiger partial charge in [-0.3, -0.25) is 9.59 Å². The molecule has 0 aliphatic carbocycles. The van der Waals surface area contributed by atoms with Crippen molar-refractivity contribution in [3.8, 4) is 22.9 Å². The van der Waals surface area contributed by atoms with Gasteiger partial charge in [0.1, 0.15) is 0 Å². The molecule has 0 N–H and O–H groups in total. The van der Waals surface area contributed by atoms with Crippen molar-refractivity contribution in [1.29, 1.82) is 0 Å². The normalized spacial score (nSPS) is 11.6. The van der Waals surface area contributed by atoms with Crippen LogP contribution in [-0.4, -0.2) is 16.1 Å². The van der Waals surface area contributed by atoms with Gasteiger partial charge in [-0.15, -0.1) is 11.1 Å². The molecular weight excluding hydrogens is 809 g/mol. The number of fused-ring (bicyclic) bond motifs is 6. The summed E-state index contributed by atoms with van der Waals surface area (Å²) in [5, 5.41) is 11.9. The van der Waals surface area contributed by atoms with Crippen LogP contribution in [0.5, 0.6) is 0 Å². The maximum absolute atomic E-state index is 15.3. The van der Waals surface area contributed by atoms with Crippen molar-refractivity contribution in [1.82, 2.24) is 0 Å². The fourth-order valence-electron chi connectivity index (χ4n) is 9.93. The van der Waals surface area contributed by atoms with Crippen LogP contribution in [0.4, 0.5) is 0 Å². The largest absolute Gasteiger partial charge is 0.289 e. The molecule has 0 saturated carbocycles. The topological polar surface area (TPSA) is 34.1 Å². The Hall–Kier alpha value is -8.13. The Morgan fingerprint density at radius 3 is 0.719 bits per heavy atom. The molecular formula is C60H38O2Si2. The lowest BCUT2D eigenvalue weighted by atomic mass is 9.95. The third kappa shape index (κ3) is 6.04. The first-order valence-electron chi connectivity index (χ1n) is 21.5. The highest BCUT2D eigenvalue weighted by atomic mass is 28.3. The van der Waals surface area contributed by atoms with E-state index in [1.54, 1.807) is 0 Å². The van der Waals surface area contributed by atoms with Crippen LogP contribution in [-0.2, 0) is 0 Å². The smallest absolute Gasteiger partial charge is 0.230 e. The highest BCUT2D eigenvalue weighted by Crippen LogP contribution is 2.39. The van der Waals surface area contributed by atoms with Gasteiger partial charge in [0.15, 0.2) is 10.9 Å². The van der Waals surface area contributed by atoms with Gasteiger partial charge in [-0.05, 0) is 41.9 Å². The molecule has 0 radical (unpaired) electrons. The molecule has 2 nitrogen and oxygen atoms in total. The quantitative estimate of drug-likeness (QED) is 0.0967. The first-order valence-corrected chi connectivity index (χ1v) is 25.5. The Balaban J connectivity index is 1.33. The predicted molar refractivity (Wildman–Crippen MR) is 273 cm³/mol. The van der Waals surface area contributed by atoms with E-state index in [1.165, 1.54) is 0 Å². The molecule has 11 aromatic carbocycles. The Bertz CT molecular complexity index is 3300. The maximum Gasteiger partial charge on any atom is 0.230 e. The van der Waals surface area contributed by atoms with E-state index in [9.17, 15) is 0 Å². The van der Waals surface area contributed by atoms with Crippen LogP contribution >= 0.6 is 0 Å². The SMILES string of the molecule is O=c1c2ccccc2c2c(C#C[Si](c3ccccc3)(c3ccccc3)c3ccccc3)c3c(=O)c4ccccc4c3c(C#C[Si](c3ccccc3)(c3ccccc3)c3ccccc3)c12. The summed E-state index contributed by atoms with van der Waals surface area (Å²) in [6, 6.07) is 78.8. The van der Waals surface area contributed by atoms with Gasteiger partial charge >= 0.3 is 0 Å². The van der Waals surface area contributed by atoms with Gasteiger partial charge in [0.25, 0.3) is 0 Å². The molecule has 11 aromatic rings. The summed E-state index contributed by atoms with van der Waals surface area (Å²) in [5.41, 5.74) is 8.91. The molecule has 0 atom stereocenters. The van der Waals surface area contributed by atoms with Crippen LogP contribution < -0.4 is 42.0 Å². The Morgan fingerprint density at radius 1 is 0.250 bits per heavy atom. The monoisotopic (exact) mass is 846 g/mol. The Kier molecular flexibility index (Phi) is 9.67. The minimum atomic E-state index is -3.13. The van der Waals surface area contributed by atoms with Crippen molar-refractivity contribution in [3.63, 3.8) is 0 Å². The number of benzene rings is 9. The summed E-state index contributed by atoms with van der Waals surface area (Å²) in [6.07, 6.45) is 0. The fraction of sp³-hybridized carbons (Fsp3) is 0. The van der Waals surface area contributed by atoms with E-state index in [-0.39, 0.29) is 10.9 Å². The lowest BCUT2D eigenvalue weighted by molar-refractivity contribution is 1.69. The number of hydrogen-bond donors (Lipinski definition) is 0. The summed E-state index contributed by atoms with van der Waals surface area (Å²) in [5.74, 6) is 7.57. The summed E-state index contributed by atoms with van der Waals surface area (Å²) >= 11 is 0. The van der Waals surface area contributed by atoms with E-state index in [0.717, 1.165) is 41.9 Å². The van der Waals surface area contributed by atoms with Crippen molar-refractivity contribution in [2.75, 3.05) is 0 Å². The second kappa shape index (κ2) is 16.0. The average molecular weight is 847 g/mol. The molecule has 0 bridgehead atoms. The van der Waals surface area contributed by atoms with Crippen LogP contribution in [0.15, 0.2) is 240 Å². The summed E-state index contributed by atoms with van der Waals surface area (Å²) < 4.78 is 0. The molecule has 11 rings (SSSR count). The molecule has 0 saturated heterocycles. The van der Waals surface area contributed by atoms with E-state index >= 15 is 9.59 Å². The zero-order valence-electron chi connectivity index (χ0n) is 34.8. The molecule has 0 aliphatic rings. The number of rotatable bonds is 6. The van der Waals surface area contributed by atoms with Gasteiger partial charge in [-0.2, -0.15) is 0 Å². The molecule has 0 aliphatic heterocycles. The highest BCUT2D eigenvalue weighted by molar-refractivity contribution is 7.17. The van der Waals surface area contributed by atoms with Crippen LogP contribution in [0, 0.1) is 22.9 Å². The molecule has 0 fully saturated rings. The molecule has 0 spiro atoms. The van der Waals surface area contributed by atoms with Crippen LogP contribution in [0.1, 0.15) is 11.1 Å². The van der Waals surface area contributed by atoms with Crippen molar-refractivity contribution in [2.24, 2.45) is 0 Å². The number of hydrogen-bond acceptors (Lipinski definition) is 2. The summed E-state index contributed by atoms with van der Waals surface area (Å²) in [7, 11) is -6.26. The van der Waals surface area contributed by atoms with E-state index < -0.39 is 16.1 Å². The minimum absolute atomic E-state index is 0.110. The van der Waals surface area contributed by atoms with E-state index in [2.05, 4.69) is 169 Å². The van der Waals surface area contributed by atoms with E-state index in [1.807, 2.05) is 84.9 Å². The molecule has 64 heavy (non-hydrogen) atoms. The van der Waals surface area contributed by atoms with E-state index in [0.29, 0.717) is 43.4 Å². The first kappa shape index (κ1) is 38.8. The second-order valence-electron chi connectivity index (χ2n) is 16.2. The standard InChI is InChI=1S/C60H38O2Si2/c61-59-52-38-22-20-36-50(52)56-54(40-42-64(46-29-13-4-14-30-46,47-31-15-5-16-32-47)48-33-17-6-18-34-48)58-55(49-35-19-21-37-51(49)60(58)62)53(57(56)59)39-41-63(43-23-7-1-8-24-43,44-25-9-2-10-26-44)45-27-11-3-12-28-45/h1-38H. The zero-order chi connectivity index (χ0) is 43.1. The highest BCUT2D eigenvalue weighted by Gasteiger charge is 2.40. The zero-order valence-corrected chi connectivity index (χ0v) is 36.8. The van der Waals surface area contributed by atoms with Crippen molar-refractivity contribution in [3.05, 3.63) is 262 Å². The van der Waals surface area contributed by atoms with Crippen molar-refractivity contribution in [2.45, 2.75) is 0 Å². The Morgan fingerprint density at radius 2 is 0.469 bits per heavy atom. The van der Waals surface area contributed by atoms with Crippen LogP contribution in [0.2, 0.25) is 0 Å². The van der Waals surface area contributed by atoms with Gasteiger partial charge in [-0.25, -0.2) is 0 Å². The minimum Gasteiger partial charge on any atom is -0.289 e. The average Bonchev–Trinajstić information content (AvgIpc) is 3.84. The Labute approximate surface area is 373 Å². The first-order chi connectivity index (χ1) is 31.6. The summed E-state index contributed by atoms with van der Waals surface area (Å²) in [6.45, 7) is 0. The predicted octanol–water partition coefficient (Wildman–Crippen LogP) is 8.02. The lowest BCUT2D eigenvalue weighted by Gasteiger charge is -2.28. The van der Waals surface area contributed by atoms with Crippen molar-refractivity contribution >= 4 is 90.4 Å². The molecule has 0 amide bonds. The fourth-order valence-corrected chi connectivity index (χ4v) is 17.6. The third-order valence-corrected chi connectivity index (χ3v) is 21.0. The van der Waals surface area contributed by atoms with Gasteiger partial charge in [0.05, 0.1) is 0 Å². The molecule has 0 unspecified atom stereocenters. The second-order valence-corrected chi connectivity index (χ2v) is 23.2. The summed E-state index contributed by atoms with van der Waals surface area (Å²) in [4.78, 5) is 30.5. The molecule has 0 aromatic heterocycles. The third-order valence-electron chi connectivity index (χ3n) is 12.8. The van der Waals surface area contributed by atoms with E-state index in [4.69, 9.17) is 0 Å². The van der Waals surface area contributed by atoms with Gasteiger partial charge in [0, 0.05) is 43.4 Å². The van der Waals surface area contributed by atoms with Crippen LogP contribution in [0.25, 0.3) is 43.1 Å². The van der Waals surface area contributed by atoms with Crippen LogP contribution in [0.3, 0.4) is 0 Å².